The van der Waals surface area contributed by atoms with Crippen LogP contribution >= 0.6 is 0 Å². The van der Waals surface area contributed by atoms with Crippen LogP contribution in [0.1, 0.15) is 71.6 Å². The van der Waals surface area contributed by atoms with Gasteiger partial charge in [0.1, 0.15) is 0 Å². The van der Waals surface area contributed by atoms with E-state index >= 15 is 0 Å². The first kappa shape index (κ1) is 19.6. The van der Waals surface area contributed by atoms with E-state index in [-0.39, 0.29) is 5.41 Å². The summed E-state index contributed by atoms with van der Waals surface area (Å²) in [5, 5.41) is 0. The molecule has 0 heterocycles. The second kappa shape index (κ2) is 7.25. The van der Waals surface area contributed by atoms with Gasteiger partial charge in [-0.15, -0.1) is 6.42 Å². The summed E-state index contributed by atoms with van der Waals surface area (Å²) in [5.74, 6) is 5.56. The number of ether oxygens (including phenoxy) is 2. The average Bonchev–Trinajstić information content (AvgIpc) is 3.02. The van der Waals surface area contributed by atoms with Crippen molar-refractivity contribution in [3.63, 3.8) is 0 Å². The van der Waals surface area contributed by atoms with Crippen molar-refractivity contribution in [2.24, 2.45) is 29.1 Å². The molecule has 3 fully saturated rings. The third kappa shape index (κ3) is 2.73. The minimum Gasteiger partial charge on any atom is -0.435 e. The van der Waals surface area contributed by atoms with Crippen molar-refractivity contribution in [3.8, 4) is 12.3 Å². The highest BCUT2D eigenvalue weighted by Gasteiger charge is 2.66. The minimum absolute atomic E-state index is 0.151. The van der Waals surface area contributed by atoms with E-state index in [1.54, 1.807) is 6.92 Å². The van der Waals surface area contributed by atoms with Crippen LogP contribution in [-0.2, 0) is 14.3 Å². The predicted molar refractivity (Wildman–Crippen MR) is 106 cm³/mol. The largest absolute Gasteiger partial charge is 0.509 e. The van der Waals surface area contributed by atoms with E-state index < -0.39 is 11.8 Å². The Balaban J connectivity index is 1.63. The number of carbonyl (C=O) groups excluding carboxylic acids is 2. The molecule has 0 aromatic rings. The Morgan fingerprint density at radius 1 is 1.18 bits per heavy atom. The number of hydrogen-bond acceptors (Lipinski definition) is 4. The number of terminal acetylenes is 1. The van der Waals surface area contributed by atoms with Crippen molar-refractivity contribution in [3.05, 3.63) is 11.6 Å². The van der Waals surface area contributed by atoms with Gasteiger partial charge in [-0.2, -0.15) is 0 Å². The molecule has 0 aliphatic heterocycles. The molecule has 0 aromatic heterocycles. The van der Waals surface area contributed by atoms with Gasteiger partial charge in [-0.3, -0.25) is 4.79 Å². The van der Waals surface area contributed by atoms with E-state index in [0.29, 0.717) is 42.5 Å². The molecule has 4 aliphatic rings. The molecule has 4 heteroatoms. The first-order valence-electron chi connectivity index (χ1n) is 11.1. The molecule has 0 aromatic carbocycles. The normalized spacial score (nSPS) is 41.8. The van der Waals surface area contributed by atoms with Gasteiger partial charge in [0.25, 0.3) is 0 Å². The molecule has 0 amide bonds. The zero-order chi connectivity index (χ0) is 19.9. The summed E-state index contributed by atoms with van der Waals surface area (Å²) < 4.78 is 11.0. The van der Waals surface area contributed by atoms with Crippen LogP contribution in [0.25, 0.3) is 0 Å². The molecular weight excluding hydrogens is 352 g/mol. The zero-order valence-corrected chi connectivity index (χ0v) is 17.2. The summed E-state index contributed by atoms with van der Waals surface area (Å²) in [6.07, 6.45) is 16.0. The van der Waals surface area contributed by atoms with Crippen LogP contribution in [0.2, 0.25) is 0 Å². The summed E-state index contributed by atoms with van der Waals surface area (Å²) in [6.45, 7) is 4.28. The summed E-state index contributed by atoms with van der Waals surface area (Å²) >= 11 is 0. The van der Waals surface area contributed by atoms with Crippen molar-refractivity contribution < 1.29 is 19.1 Å². The van der Waals surface area contributed by atoms with Gasteiger partial charge < -0.3 is 9.47 Å². The lowest BCUT2D eigenvalue weighted by atomic mass is 9.49. The maximum atomic E-state index is 12.2. The third-order valence-corrected chi connectivity index (χ3v) is 8.50. The molecule has 0 N–H and O–H groups in total. The molecule has 0 bridgehead atoms. The Morgan fingerprint density at radius 2 is 2.00 bits per heavy atom. The van der Waals surface area contributed by atoms with Crippen molar-refractivity contribution in [2.45, 2.75) is 77.2 Å². The highest BCUT2D eigenvalue weighted by Crippen LogP contribution is 2.67. The lowest BCUT2D eigenvalue weighted by Crippen LogP contribution is -2.55. The fraction of sp³-hybridized carbons (Fsp3) is 0.750. The van der Waals surface area contributed by atoms with E-state index in [2.05, 4.69) is 12.8 Å². The van der Waals surface area contributed by atoms with Crippen LogP contribution in [-0.4, -0.2) is 24.1 Å². The summed E-state index contributed by atoms with van der Waals surface area (Å²) in [5.41, 5.74) is 0.398. The number of hydrogen-bond donors (Lipinski definition) is 0. The van der Waals surface area contributed by atoms with Gasteiger partial charge in [-0.1, -0.05) is 18.4 Å². The monoisotopic (exact) mass is 384 g/mol. The van der Waals surface area contributed by atoms with Crippen LogP contribution in [0.4, 0.5) is 4.79 Å². The molecular formula is C24H32O4. The molecule has 0 radical (unpaired) electrons. The van der Waals surface area contributed by atoms with Crippen LogP contribution in [0, 0.1) is 41.4 Å². The first-order valence-corrected chi connectivity index (χ1v) is 11.1. The second-order valence-electron chi connectivity index (χ2n) is 9.15. The standard InChI is InChI=1S/C24H32O4/c1-4-23-13-11-19-18-10-8-17(25)15-16(18)7-9-20(19)21(23)12-14-24(23,5-2)28-22(26)27-6-3/h2,15,18-21H,4,6-14H2,1,3H3/t18?,19?,20?,21?,23-,24-/m0/s1. The Labute approximate surface area is 168 Å². The molecule has 4 unspecified atom stereocenters. The van der Waals surface area contributed by atoms with Crippen molar-refractivity contribution in [1.29, 1.82) is 0 Å². The molecule has 28 heavy (non-hydrogen) atoms. The Kier molecular flexibility index (Phi) is 5.06. The van der Waals surface area contributed by atoms with Crippen molar-refractivity contribution >= 4 is 11.9 Å². The lowest BCUT2D eigenvalue weighted by molar-refractivity contribution is -0.120. The van der Waals surface area contributed by atoms with Crippen molar-refractivity contribution in [2.75, 3.05) is 6.61 Å². The molecule has 6 atom stereocenters. The highest BCUT2D eigenvalue weighted by molar-refractivity contribution is 5.91. The topological polar surface area (TPSA) is 52.6 Å². The lowest BCUT2D eigenvalue weighted by Gasteiger charge is -2.56. The van der Waals surface area contributed by atoms with Gasteiger partial charge in [0.2, 0.25) is 0 Å². The van der Waals surface area contributed by atoms with Crippen molar-refractivity contribution in [1.82, 2.24) is 0 Å². The molecule has 4 aliphatic carbocycles. The Hall–Kier alpha value is -1.76. The number of allylic oxidation sites excluding steroid dienone is 1. The predicted octanol–water partition coefficient (Wildman–Crippen LogP) is 5.06. The van der Waals surface area contributed by atoms with Crippen LogP contribution < -0.4 is 0 Å². The summed E-state index contributed by atoms with van der Waals surface area (Å²) in [6, 6.07) is 0. The van der Waals surface area contributed by atoms with E-state index in [1.165, 1.54) is 5.57 Å². The highest BCUT2D eigenvalue weighted by atomic mass is 16.7. The molecule has 4 rings (SSSR count). The van der Waals surface area contributed by atoms with Crippen LogP contribution in [0.5, 0.6) is 0 Å². The Bertz CT molecular complexity index is 731. The average molecular weight is 385 g/mol. The van der Waals surface area contributed by atoms with Crippen LogP contribution in [0.15, 0.2) is 11.6 Å². The van der Waals surface area contributed by atoms with Gasteiger partial charge in [0.05, 0.1) is 6.61 Å². The quantitative estimate of drug-likeness (QED) is 0.504. The number of ketones is 1. The van der Waals surface area contributed by atoms with Gasteiger partial charge in [0.15, 0.2) is 11.4 Å². The summed E-state index contributed by atoms with van der Waals surface area (Å²) in [4.78, 5) is 24.1. The fourth-order valence-electron chi connectivity index (χ4n) is 7.41. The molecule has 0 saturated heterocycles. The SMILES string of the molecule is C#C[C@]1(OC(=O)OCC)CCC2C3CCC4=CC(=O)CCC4C3CC[C@@]21CC. The molecule has 4 nitrogen and oxygen atoms in total. The maximum absolute atomic E-state index is 12.2. The third-order valence-electron chi connectivity index (χ3n) is 8.50. The molecule has 0 spiro atoms. The number of rotatable bonds is 3. The van der Waals surface area contributed by atoms with E-state index in [0.717, 1.165) is 51.4 Å². The van der Waals surface area contributed by atoms with Gasteiger partial charge in [0, 0.05) is 11.8 Å². The molecule has 3 saturated carbocycles. The van der Waals surface area contributed by atoms with Gasteiger partial charge >= 0.3 is 6.16 Å². The van der Waals surface area contributed by atoms with E-state index in [4.69, 9.17) is 15.9 Å². The van der Waals surface area contributed by atoms with Gasteiger partial charge in [-0.05, 0) is 88.0 Å². The van der Waals surface area contributed by atoms with Gasteiger partial charge in [-0.25, -0.2) is 4.79 Å². The number of fused-ring (bicyclic) bond motifs is 5. The smallest absolute Gasteiger partial charge is 0.435 e. The zero-order valence-electron chi connectivity index (χ0n) is 17.2. The number of carbonyl (C=O) groups is 2. The molecule has 152 valence electrons. The minimum atomic E-state index is -0.845. The fourth-order valence-corrected chi connectivity index (χ4v) is 7.41. The first-order chi connectivity index (χ1) is 13.5. The second-order valence-corrected chi connectivity index (χ2v) is 9.15. The Morgan fingerprint density at radius 3 is 2.71 bits per heavy atom. The van der Waals surface area contributed by atoms with Crippen LogP contribution in [0.3, 0.4) is 0 Å². The summed E-state index contributed by atoms with van der Waals surface area (Å²) in [7, 11) is 0. The van der Waals surface area contributed by atoms with E-state index in [9.17, 15) is 9.59 Å². The van der Waals surface area contributed by atoms with E-state index in [1.807, 2.05) is 6.08 Å². The maximum Gasteiger partial charge on any atom is 0.509 e.